The first kappa shape index (κ1) is 22.1. The van der Waals surface area contributed by atoms with E-state index in [1.165, 1.54) is 12.1 Å². The average Bonchev–Trinajstić information content (AvgIpc) is 2.75. The second-order valence-electron chi connectivity index (χ2n) is 6.76. The third kappa shape index (κ3) is 5.74. The molecular weight excluding hydrogens is 464 g/mol. The van der Waals surface area contributed by atoms with Crippen LogP contribution in [0.4, 0.5) is 5.69 Å². The summed E-state index contributed by atoms with van der Waals surface area (Å²) in [5.41, 5.74) is 0.974. The van der Waals surface area contributed by atoms with Crippen LogP contribution in [0.2, 0.25) is 0 Å². The van der Waals surface area contributed by atoms with Gasteiger partial charge < -0.3 is 19.2 Å². The number of hydrogen-bond donors (Lipinski definition) is 1. The van der Waals surface area contributed by atoms with Crippen LogP contribution in [0.25, 0.3) is 11.3 Å². The molecule has 1 N–H and O–H groups in total. The van der Waals surface area contributed by atoms with Crippen molar-refractivity contribution in [3.63, 3.8) is 0 Å². The van der Waals surface area contributed by atoms with Gasteiger partial charge >= 0.3 is 11.6 Å². The monoisotopic (exact) mass is 482 g/mol. The number of anilines is 1. The molecule has 0 saturated carbocycles. The van der Waals surface area contributed by atoms with Crippen LogP contribution in [-0.4, -0.2) is 31.3 Å². The highest BCUT2D eigenvalue weighted by atomic mass is 79.9. The first-order chi connectivity index (χ1) is 14.9. The summed E-state index contributed by atoms with van der Waals surface area (Å²) in [4.78, 5) is 26.0. The number of phenolic OH excluding ortho intramolecular Hbond substituents is 1. The fourth-order valence-corrected chi connectivity index (χ4v) is 3.15. The van der Waals surface area contributed by atoms with Crippen LogP contribution in [0.3, 0.4) is 0 Å². The molecule has 0 amide bonds. The Kier molecular flexibility index (Phi) is 7.11. The molecule has 0 aliphatic carbocycles. The van der Waals surface area contributed by atoms with Gasteiger partial charge in [0.2, 0.25) is 0 Å². The smallest absolute Gasteiger partial charge is 0.356 e. The van der Waals surface area contributed by atoms with Crippen LogP contribution in [-0.2, 0) is 16.0 Å². The summed E-state index contributed by atoms with van der Waals surface area (Å²) in [5, 5.41) is 18.7. The third-order valence-electron chi connectivity index (χ3n) is 4.56. The summed E-state index contributed by atoms with van der Waals surface area (Å²) in [5.74, 6) is 0.0484. The number of carbonyl (C=O) groups is 1. The molecule has 31 heavy (non-hydrogen) atoms. The predicted octanol–water partition coefficient (Wildman–Crippen LogP) is 3.87. The Hall–Kier alpha value is -3.57. The standard InChI is InChI=1S/C23H19BrN2O5/c1-26(10-11-30-22(28)12-15-2-8-18(27)9-3-15)20-13-21(31-23(29)19(20)14-25)16-4-6-17(24)7-5-16/h2-9,13,27H,10-12H2,1H3. The molecule has 0 fully saturated rings. The zero-order valence-electron chi connectivity index (χ0n) is 16.7. The Bertz CT molecular complexity index is 1160. The molecule has 0 saturated heterocycles. The number of aromatic hydroxyl groups is 1. The number of phenols is 1. The molecule has 0 radical (unpaired) electrons. The minimum atomic E-state index is -0.728. The third-order valence-corrected chi connectivity index (χ3v) is 5.09. The van der Waals surface area contributed by atoms with Crippen molar-refractivity contribution in [3.05, 3.63) is 80.6 Å². The molecule has 3 rings (SSSR count). The molecule has 3 aromatic rings. The van der Waals surface area contributed by atoms with Crippen molar-refractivity contribution >= 4 is 27.6 Å². The molecule has 0 unspecified atom stereocenters. The van der Waals surface area contributed by atoms with E-state index in [4.69, 9.17) is 9.15 Å². The number of carbonyl (C=O) groups excluding carboxylic acids is 1. The minimum absolute atomic E-state index is 0.0755. The Morgan fingerprint density at radius 2 is 1.87 bits per heavy atom. The number of esters is 1. The van der Waals surface area contributed by atoms with Gasteiger partial charge in [0.05, 0.1) is 18.7 Å². The van der Waals surface area contributed by atoms with Crippen molar-refractivity contribution in [1.82, 2.24) is 0 Å². The Morgan fingerprint density at radius 1 is 1.19 bits per heavy atom. The lowest BCUT2D eigenvalue weighted by molar-refractivity contribution is -0.142. The van der Waals surface area contributed by atoms with Crippen molar-refractivity contribution in [2.75, 3.05) is 25.1 Å². The maximum atomic E-state index is 12.3. The molecule has 7 nitrogen and oxygen atoms in total. The number of benzene rings is 2. The number of rotatable bonds is 7. The van der Waals surface area contributed by atoms with Gasteiger partial charge in [-0.05, 0) is 29.8 Å². The maximum absolute atomic E-state index is 12.3. The van der Waals surface area contributed by atoms with Gasteiger partial charge in [-0.2, -0.15) is 5.26 Å². The van der Waals surface area contributed by atoms with Crippen molar-refractivity contribution < 1.29 is 19.1 Å². The molecule has 158 valence electrons. The maximum Gasteiger partial charge on any atom is 0.356 e. The van der Waals surface area contributed by atoms with Crippen molar-refractivity contribution in [2.24, 2.45) is 0 Å². The quantitative estimate of drug-likeness (QED) is 0.509. The molecule has 1 heterocycles. The molecule has 0 aliphatic heterocycles. The van der Waals surface area contributed by atoms with E-state index in [1.807, 2.05) is 18.2 Å². The van der Waals surface area contributed by atoms with Gasteiger partial charge in [-0.15, -0.1) is 0 Å². The minimum Gasteiger partial charge on any atom is -0.508 e. The molecule has 0 spiro atoms. The highest BCUT2D eigenvalue weighted by Crippen LogP contribution is 2.26. The van der Waals surface area contributed by atoms with Gasteiger partial charge in [0.15, 0.2) is 5.56 Å². The Labute approximate surface area is 187 Å². The first-order valence-corrected chi connectivity index (χ1v) is 10.2. The largest absolute Gasteiger partial charge is 0.508 e. The lowest BCUT2D eigenvalue weighted by atomic mass is 10.1. The number of halogens is 1. The molecule has 2 aromatic carbocycles. The van der Waals surface area contributed by atoms with Crippen LogP contribution >= 0.6 is 15.9 Å². The summed E-state index contributed by atoms with van der Waals surface area (Å²) >= 11 is 3.36. The first-order valence-electron chi connectivity index (χ1n) is 9.36. The molecule has 0 atom stereocenters. The number of likely N-dealkylation sites (N-methyl/N-ethyl adjacent to an activating group) is 1. The summed E-state index contributed by atoms with van der Waals surface area (Å²) < 4.78 is 11.5. The van der Waals surface area contributed by atoms with Crippen molar-refractivity contribution in [3.8, 4) is 23.1 Å². The van der Waals surface area contributed by atoms with E-state index in [0.29, 0.717) is 17.0 Å². The SMILES string of the molecule is CN(CCOC(=O)Cc1ccc(O)cc1)c1cc(-c2ccc(Br)cc2)oc(=O)c1C#N. The predicted molar refractivity (Wildman–Crippen MR) is 119 cm³/mol. The van der Waals surface area contributed by atoms with Crippen LogP contribution in [0.15, 0.2) is 68.3 Å². The molecule has 1 aromatic heterocycles. The van der Waals surface area contributed by atoms with Crippen molar-refractivity contribution in [1.29, 1.82) is 5.26 Å². The highest BCUT2D eigenvalue weighted by Gasteiger charge is 2.16. The second-order valence-corrected chi connectivity index (χ2v) is 7.68. The summed E-state index contributed by atoms with van der Waals surface area (Å²) in [6.45, 7) is 0.353. The van der Waals surface area contributed by atoms with Crippen LogP contribution in [0.1, 0.15) is 11.1 Å². The van der Waals surface area contributed by atoms with Crippen LogP contribution in [0, 0.1) is 11.3 Å². The zero-order valence-corrected chi connectivity index (χ0v) is 18.3. The lowest BCUT2D eigenvalue weighted by Crippen LogP contribution is -2.26. The van der Waals surface area contributed by atoms with Crippen LogP contribution in [0.5, 0.6) is 5.75 Å². The number of ether oxygens (including phenoxy) is 1. The van der Waals surface area contributed by atoms with Gasteiger partial charge in [-0.25, -0.2) is 4.79 Å². The topological polar surface area (TPSA) is 104 Å². The molecule has 8 heteroatoms. The fraction of sp³-hybridized carbons (Fsp3) is 0.174. The van der Waals surface area contributed by atoms with Gasteiger partial charge in [-0.1, -0.05) is 40.2 Å². The van der Waals surface area contributed by atoms with E-state index in [9.17, 15) is 20.0 Å². The number of hydrogen-bond acceptors (Lipinski definition) is 7. The van der Waals surface area contributed by atoms with E-state index < -0.39 is 11.6 Å². The zero-order chi connectivity index (χ0) is 22.4. The van der Waals surface area contributed by atoms with Gasteiger partial charge in [0.25, 0.3) is 0 Å². The second kappa shape index (κ2) is 9.96. The Morgan fingerprint density at radius 3 is 2.52 bits per heavy atom. The fourth-order valence-electron chi connectivity index (χ4n) is 2.89. The van der Waals surface area contributed by atoms with Gasteiger partial charge in [0, 0.05) is 23.2 Å². The number of nitriles is 1. The normalized spacial score (nSPS) is 10.4. The van der Waals surface area contributed by atoms with E-state index in [1.54, 1.807) is 42.3 Å². The van der Waals surface area contributed by atoms with Crippen molar-refractivity contribution in [2.45, 2.75) is 6.42 Å². The Balaban J connectivity index is 1.68. The van der Waals surface area contributed by atoms with E-state index in [-0.39, 0.29) is 30.9 Å². The number of nitrogens with zero attached hydrogens (tertiary/aromatic N) is 2. The molecule has 0 bridgehead atoms. The van der Waals surface area contributed by atoms with Gasteiger partial charge in [0.1, 0.15) is 24.2 Å². The lowest BCUT2D eigenvalue weighted by Gasteiger charge is -2.20. The van der Waals surface area contributed by atoms with E-state index in [0.717, 1.165) is 10.0 Å². The molecular formula is C23H19BrN2O5. The highest BCUT2D eigenvalue weighted by molar-refractivity contribution is 9.10. The summed E-state index contributed by atoms with van der Waals surface area (Å²) in [7, 11) is 1.70. The van der Waals surface area contributed by atoms with Crippen LogP contribution < -0.4 is 10.5 Å². The average molecular weight is 483 g/mol. The van der Waals surface area contributed by atoms with E-state index in [2.05, 4.69) is 15.9 Å². The van der Waals surface area contributed by atoms with E-state index >= 15 is 0 Å². The van der Waals surface area contributed by atoms with Gasteiger partial charge in [-0.3, -0.25) is 4.79 Å². The summed E-state index contributed by atoms with van der Waals surface area (Å²) in [6, 6.07) is 17.1. The molecule has 0 aliphatic rings. The summed E-state index contributed by atoms with van der Waals surface area (Å²) in [6.07, 6.45) is 0.0794.